The number of ether oxygens (including phenoxy) is 4. The van der Waals surface area contributed by atoms with Crippen LogP contribution in [0.5, 0.6) is 17.2 Å². The largest absolute Gasteiger partial charge is 0.490 e. The Morgan fingerprint density at radius 2 is 1.68 bits per heavy atom. The quantitative estimate of drug-likeness (QED) is 0.202. The number of nitrogens with one attached hydrogen (secondary N) is 1. The first kappa shape index (κ1) is 30.7. The van der Waals surface area contributed by atoms with Crippen LogP contribution >= 0.6 is 12.2 Å². The van der Waals surface area contributed by atoms with Crippen LogP contribution in [0.2, 0.25) is 0 Å². The van der Waals surface area contributed by atoms with Crippen LogP contribution in [0.15, 0.2) is 59.3 Å². The van der Waals surface area contributed by atoms with E-state index < -0.39 is 12.0 Å². The number of amides is 1. The maximum Gasteiger partial charge on any atom is 0.338 e. The van der Waals surface area contributed by atoms with Crippen molar-refractivity contribution >= 4 is 35.3 Å². The third-order valence-corrected chi connectivity index (χ3v) is 6.34. The number of esters is 1. The lowest BCUT2D eigenvalue weighted by atomic mass is 9.92. The van der Waals surface area contributed by atoms with Crippen molar-refractivity contribution in [3.8, 4) is 17.2 Å². The summed E-state index contributed by atoms with van der Waals surface area (Å²) in [6, 6.07) is 12.0. The smallest absolute Gasteiger partial charge is 0.338 e. The van der Waals surface area contributed by atoms with Crippen LogP contribution in [-0.2, 0) is 14.3 Å². The Bertz CT molecular complexity index is 1320. The van der Waals surface area contributed by atoms with E-state index in [-0.39, 0.29) is 29.3 Å². The van der Waals surface area contributed by atoms with Crippen molar-refractivity contribution < 1.29 is 28.5 Å². The minimum absolute atomic E-state index is 0.0340. The zero-order chi connectivity index (χ0) is 29.4. The molecule has 0 radical (unpaired) electrons. The maximum atomic E-state index is 14.1. The Labute approximate surface area is 241 Å². The SMILES string of the molecule is CCOC(=O)C1=C(C)NC(=S)N(C(=O)/C(C)=C/c2ccccc2OC(C)C)C1c1ccc(OCC)c(OCC)c1. The molecule has 3 rings (SSSR count). The number of para-hydroxylation sites is 1. The second kappa shape index (κ2) is 14.0. The van der Waals surface area contributed by atoms with Gasteiger partial charge in [0.25, 0.3) is 5.91 Å². The fourth-order valence-electron chi connectivity index (χ4n) is 4.42. The summed E-state index contributed by atoms with van der Waals surface area (Å²) in [5, 5.41) is 3.21. The molecule has 2 aromatic carbocycles. The standard InChI is InChI=1S/C31H38N2O6S/c1-8-36-25-16-15-23(18-26(25)37-9-2)28-27(30(35)38-10-3)21(7)32-31(40)33(28)29(34)20(6)17-22-13-11-12-14-24(22)39-19(4)5/h11-19,28H,8-10H2,1-7H3,(H,32,40)/b20-17+. The van der Waals surface area contributed by atoms with Gasteiger partial charge in [-0.25, -0.2) is 4.79 Å². The highest BCUT2D eigenvalue weighted by Gasteiger charge is 2.41. The van der Waals surface area contributed by atoms with Gasteiger partial charge in [-0.15, -0.1) is 0 Å². The minimum Gasteiger partial charge on any atom is -0.490 e. The number of rotatable bonds is 11. The summed E-state index contributed by atoms with van der Waals surface area (Å²) < 4.78 is 22.9. The molecule has 0 saturated heterocycles. The molecule has 1 heterocycles. The van der Waals surface area contributed by atoms with Crippen molar-refractivity contribution in [3.63, 3.8) is 0 Å². The number of thiocarbonyl (C=S) groups is 1. The van der Waals surface area contributed by atoms with Crippen LogP contribution in [-0.4, -0.2) is 47.8 Å². The monoisotopic (exact) mass is 566 g/mol. The second-order valence-corrected chi connectivity index (χ2v) is 9.76. The van der Waals surface area contributed by atoms with Gasteiger partial charge in [-0.3, -0.25) is 9.69 Å². The van der Waals surface area contributed by atoms with Crippen molar-refractivity contribution in [2.45, 2.75) is 60.6 Å². The molecule has 2 aromatic rings. The van der Waals surface area contributed by atoms with Gasteiger partial charge in [0.15, 0.2) is 16.6 Å². The predicted molar refractivity (Wildman–Crippen MR) is 159 cm³/mol. The Kier molecular flexibility index (Phi) is 10.7. The zero-order valence-corrected chi connectivity index (χ0v) is 25.0. The van der Waals surface area contributed by atoms with Crippen LogP contribution in [0, 0.1) is 0 Å². The van der Waals surface area contributed by atoms with Crippen molar-refractivity contribution in [2.75, 3.05) is 19.8 Å². The molecule has 1 unspecified atom stereocenters. The van der Waals surface area contributed by atoms with E-state index in [1.807, 2.05) is 58.0 Å². The molecule has 1 atom stereocenters. The van der Waals surface area contributed by atoms with Crippen LogP contribution < -0.4 is 19.5 Å². The summed E-state index contributed by atoms with van der Waals surface area (Å²) in [5.74, 6) is 0.826. The minimum atomic E-state index is -0.860. The Morgan fingerprint density at radius 3 is 2.33 bits per heavy atom. The lowest BCUT2D eigenvalue weighted by Crippen LogP contribution is -2.51. The molecule has 9 heteroatoms. The Balaban J connectivity index is 2.16. The molecule has 8 nitrogen and oxygen atoms in total. The topological polar surface area (TPSA) is 86.3 Å². The maximum absolute atomic E-state index is 14.1. The summed E-state index contributed by atoms with van der Waals surface area (Å²) in [5.41, 5.74) is 2.59. The van der Waals surface area contributed by atoms with Gasteiger partial charge >= 0.3 is 5.97 Å². The lowest BCUT2D eigenvalue weighted by Gasteiger charge is -2.38. The van der Waals surface area contributed by atoms with Gasteiger partial charge in [-0.2, -0.15) is 0 Å². The van der Waals surface area contributed by atoms with Gasteiger partial charge in [0.1, 0.15) is 5.75 Å². The molecule has 1 aliphatic rings. The van der Waals surface area contributed by atoms with Gasteiger partial charge in [-0.1, -0.05) is 24.3 Å². The number of carbonyl (C=O) groups excluding carboxylic acids is 2. The van der Waals surface area contributed by atoms with Gasteiger partial charge in [-0.05, 0) is 90.5 Å². The van der Waals surface area contributed by atoms with E-state index in [1.54, 1.807) is 39.0 Å². The van der Waals surface area contributed by atoms with Gasteiger partial charge in [0.05, 0.1) is 37.5 Å². The fraction of sp³-hybridized carbons (Fsp3) is 0.387. The fourth-order valence-corrected chi connectivity index (χ4v) is 4.76. The molecular formula is C31H38N2O6S. The summed E-state index contributed by atoms with van der Waals surface area (Å²) in [4.78, 5) is 28.8. The Hall–Kier alpha value is -3.85. The van der Waals surface area contributed by atoms with Crippen molar-refractivity contribution in [1.82, 2.24) is 10.2 Å². The van der Waals surface area contributed by atoms with Crippen LogP contribution in [0.4, 0.5) is 0 Å². The van der Waals surface area contributed by atoms with Crippen molar-refractivity contribution in [2.24, 2.45) is 0 Å². The first-order valence-corrected chi connectivity index (χ1v) is 13.9. The molecule has 214 valence electrons. The molecule has 1 amide bonds. The Morgan fingerprint density at radius 1 is 1.00 bits per heavy atom. The zero-order valence-electron chi connectivity index (χ0n) is 24.2. The van der Waals surface area contributed by atoms with Gasteiger partial charge in [0.2, 0.25) is 0 Å². The average molecular weight is 567 g/mol. The summed E-state index contributed by atoms with van der Waals surface area (Å²) in [6.07, 6.45) is 1.73. The molecule has 0 bridgehead atoms. The number of benzene rings is 2. The number of nitrogens with zero attached hydrogens (tertiary/aromatic N) is 1. The van der Waals surface area contributed by atoms with E-state index in [0.717, 1.165) is 5.56 Å². The molecule has 0 spiro atoms. The predicted octanol–water partition coefficient (Wildman–Crippen LogP) is 5.97. The van der Waals surface area contributed by atoms with Crippen LogP contribution in [0.1, 0.15) is 65.6 Å². The first-order valence-electron chi connectivity index (χ1n) is 13.5. The third-order valence-electron chi connectivity index (χ3n) is 6.04. The number of hydrogen-bond donors (Lipinski definition) is 1. The van der Waals surface area contributed by atoms with Crippen molar-refractivity contribution in [3.05, 3.63) is 70.4 Å². The second-order valence-electron chi connectivity index (χ2n) is 9.37. The molecule has 40 heavy (non-hydrogen) atoms. The van der Waals surface area contributed by atoms with Crippen LogP contribution in [0.25, 0.3) is 6.08 Å². The first-order chi connectivity index (χ1) is 19.1. The van der Waals surface area contributed by atoms with E-state index in [1.165, 1.54) is 4.90 Å². The highest BCUT2D eigenvalue weighted by Crippen LogP contribution is 2.39. The van der Waals surface area contributed by atoms with E-state index in [0.29, 0.717) is 47.3 Å². The number of hydrogen-bond acceptors (Lipinski definition) is 7. The molecule has 0 saturated carbocycles. The average Bonchev–Trinajstić information content (AvgIpc) is 2.90. The highest BCUT2D eigenvalue weighted by molar-refractivity contribution is 7.80. The molecule has 0 aliphatic carbocycles. The van der Waals surface area contributed by atoms with Gasteiger partial charge < -0.3 is 24.3 Å². The van der Waals surface area contributed by atoms with Crippen molar-refractivity contribution in [1.29, 1.82) is 0 Å². The van der Waals surface area contributed by atoms with E-state index in [9.17, 15) is 9.59 Å². The van der Waals surface area contributed by atoms with E-state index in [2.05, 4.69) is 5.32 Å². The molecule has 0 aromatic heterocycles. The van der Waals surface area contributed by atoms with Crippen LogP contribution in [0.3, 0.4) is 0 Å². The van der Waals surface area contributed by atoms with Gasteiger partial charge in [0, 0.05) is 16.8 Å². The summed E-state index contributed by atoms with van der Waals surface area (Å²) in [6.45, 7) is 13.9. The molecular weight excluding hydrogens is 528 g/mol. The lowest BCUT2D eigenvalue weighted by molar-refractivity contribution is -0.139. The summed E-state index contributed by atoms with van der Waals surface area (Å²) in [7, 11) is 0. The molecule has 1 aliphatic heterocycles. The molecule has 0 fully saturated rings. The third kappa shape index (κ3) is 7.01. The number of allylic oxidation sites excluding steroid dienone is 1. The van der Waals surface area contributed by atoms with E-state index in [4.69, 9.17) is 31.2 Å². The summed E-state index contributed by atoms with van der Waals surface area (Å²) >= 11 is 5.68. The number of carbonyl (C=O) groups is 2. The van der Waals surface area contributed by atoms with E-state index >= 15 is 0 Å². The highest BCUT2D eigenvalue weighted by atomic mass is 32.1. The molecule has 1 N–H and O–H groups in total. The normalized spacial score (nSPS) is 15.6.